The molecule has 0 bridgehead atoms. The molecule has 2 atom stereocenters. The Morgan fingerprint density at radius 3 is 2.32 bits per heavy atom. The minimum atomic E-state index is -0.403. The van der Waals surface area contributed by atoms with Crippen LogP contribution >= 0.6 is 0 Å². The SMILES string of the molecule is CCCCCCN1C(=O)C2C(C1=O)C2(C)c1ccccc1N. The summed E-state index contributed by atoms with van der Waals surface area (Å²) in [7, 11) is 0. The van der Waals surface area contributed by atoms with Gasteiger partial charge in [0.05, 0.1) is 11.8 Å². The zero-order valence-corrected chi connectivity index (χ0v) is 13.3. The van der Waals surface area contributed by atoms with Gasteiger partial charge in [-0.2, -0.15) is 0 Å². The van der Waals surface area contributed by atoms with Crippen LogP contribution in [0, 0.1) is 11.8 Å². The van der Waals surface area contributed by atoms with Crippen molar-refractivity contribution in [2.45, 2.75) is 44.9 Å². The number of rotatable bonds is 6. The van der Waals surface area contributed by atoms with Crippen molar-refractivity contribution in [2.24, 2.45) is 11.8 Å². The highest BCUT2D eigenvalue weighted by atomic mass is 16.2. The predicted molar refractivity (Wildman–Crippen MR) is 86.0 cm³/mol. The number of imide groups is 1. The molecule has 2 fully saturated rings. The van der Waals surface area contributed by atoms with Crippen molar-refractivity contribution in [1.82, 2.24) is 4.90 Å². The summed E-state index contributed by atoms with van der Waals surface area (Å²) in [5, 5.41) is 0. The first-order valence-corrected chi connectivity index (χ1v) is 8.23. The highest BCUT2D eigenvalue weighted by molar-refractivity contribution is 6.12. The fourth-order valence-electron chi connectivity index (χ4n) is 4.00. The Morgan fingerprint density at radius 2 is 1.73 bits per heavy atom. The van der Waals surface area contributed by atoms with E-state index in [2.05, 4.69) is 6.92 Å². The first kappa shape index (κ1) is 15.1. The number of carbonyl (C=O) groups excluding carboxylic acids is 2. The molecule has 2 amide bonds. The highest BCUT2D eigenvalue weighted by Crippen LogP contribution is 2.65. The van der Waals surface area contributed by atoms with Gasteiger partial charge >= 0.3 is 0 Å². The summed E-state index contributed by atoms with van der Waals surface area (Å²) in [5.41, 5.74) is 7.27. The number of hydrogen-bond acceptors (Lipinski definition) is 3. The number of piperidine rings is 1. The standard InChI is InChI=1S/C18H24N2O2/c1-3-4-5-8-11-20-16(21)14-15(17(20)22)18(14,2)12-9-6-7-10-13(12)19/h6-7,9-10,14-15H,3-5,8,11,19H2,1-2H3. The van der Waals surface area contributed by atoms with E-state index in [-0.39, 0.29) is 23.7 Å². The van der Waals surface area contributed by atoms with Crippen LogP contribution in [0.25, 0.3) is 0 Å². The summed E-state index contributed by atoms with van der Waals surface area (Å²) in [6.45, 7) is 4.72. The normalized spacial score (nSPS) is 29.8. The van der Waals surface area contributed by atoms with Crippen molar-refractivity contribution in [1.29, 1.82) is 0 Å². The molecule has 2 unspecified atom stereocenters. The van der Waals surface area contributed by atoms with E-state index in [9.17, 15) is 9.59 Å². The van der Waals surface area contributed by atoms with E-state index in [1.807, 2.05) is 31.2 Å². The quantitative estimate of drug-likeness (QED) is 0.499. The van der Waals surface area contributed by atoms with Crippen molar-refractivity contribution in [3.8, 4) is 0 Å². The largest absolute Gasteiger partial charge is 0.398 e. The molecule has 2 aliphatic rings. The van der Waals surface area contributed by atoms with Crippen LogP contribution in [0.5, 0.6) is 0 Å². The van der Waals surface area contributed by atoms with Crippen LogP contribution in [0.1, 0.15) is 45.1 Å². The lowest BCUT2D eigenvalue weighted by Gasteiger charge is -2.24. The first-order valence-electron chi connectivity index (χ1n) is 8.23. The van der Waals surface area contributed by atoms with Gasteiger partial charge in [0, 0.05) is 17.6 Å². The smallest absolute Gasteiger partial charge is 0.234 e. The van der Waals surface area contributed by atoms with E-state index in [1.165, 1.54) is 4.90 Å². The molecular formula is C18H24N2O2. The Hall–Kier alpha value is -1.84. The van der Waals surface area contributed by atoms with Crippen molar-refractivity contribution in [3.05, 3.63) is 29.8 Å². The zero-order valence-electron chi connectivity index (χ0n) is 13.3. The number of unbranched alkanes of at least 4 members (excludes halogenated alkanes) is 3. The van der Waals surface area contributed by atoms with E-state index >= 15 is 0 Å². The molecule has 1 aliphatic carbocycles. The van der Waals surface area contributed by atoms with Crippen molar-refractivity contribution in [2.75, 3.05) is 12.3 Å². The number of nitrogen functional groups attached to an aromatic ring is 1. The fraction of sp³-hybridized carbons (Fsp3) is 0.556. The van der Waals surface area contributed by atoms with Gasteiger partial charge in [0.1, 0.15) is 0 Å². The molecule has 4 nitrogen and oxygen atoms in total. The predicted octanol–water partition coefficient (Wildman–Crippen LogP) is 2.72. The Kier molecular flexibility index (Phi) is 3.71. The van der Waals surface area contributed by atoms with Gasteiger partial charge < -0.3 is 5.73 Å². The Morgan fingerprint density at radius 1 is 1.09 bits per heavy atom. The third kappa shape index (κ3) is 2.04. The lowest BCUT2D eigenvalue weighted by Crippen LogP contribution is -2.38. The molecule has 1 saturated heterocycles. The van der Waals surface area contributed by atoms with Crippen LogP contribution in [-0.4, -0.2) is 23.3 Å². The molecular weight excluding hydrogens is 276 g/mol. The average Bonchev–Trinajstić information content (AvgIpc) is 3.04. The van der Waals surface area contributed by atoms with Crippen LogP contribution in [-0.2, 0) is 15.0 Å². The summed E-state index contributed by atoms with van der Waals surface area (Å²) in [6.07, 6.45) is 4.29. The maximum Gasteiger partial charge on any atom is 0.234 e. The maximum atomic E-state index is 12.6. The average molecular weight is 300 g/mol. The minimum Gasteiger partial charge on any atom is -0.398 e. The summed E-state index contributed by atoms with van der Waals surface area (Å²) >= 11 is 0. The van der Waals surface area contributed by atoms with Crippen LogP contribution in [0.3, 0.4) is 0 Å². The Labute approximate surface area is 131 Å². The van der Waals surface area contributed by atoms with E-state index in [1.54, 1.807) is 0 Å². The zero-order chi connectivity index (χ0) is 15.9. The monoisotopic (exact) mass is 300 g/mol. The molecule has 118 valence electrons. The summed E-state index contributed by atoms with van der Waals surface area (Å²) in [6, 6.07) is 7.58. The lowest BCUT2D eigenvalue weighted by atomic mass is 9.90. The highest BCUT2D eigenvalue weighted by Gasteiger charge is 2.75. The van der Waals surface area contributed by atoms with Gasteiger partial charge in [0.25, 0.3) is 0 Å². The number of nitrogens with zero attached hydrogens (tertiary/aromatic N) is 1. The maximum absolute atomic E-state index is 12.6. The summed E-state index contributed by atoms with van der Waals surface area (Å²) in [5.74, 6) is -0.429. The summed E-state index contributed by atoms with van der Waals surface area (Å²) < 4.78 is 0. The molecule has 4 heteroatoms. The first-order chi connectivity index (χ1) is 10.5. The fourth-order valence-corrected chi connectivity index (χ4v) is 4.00. The number of amides is 2. The molecule has 2 N–H and O–H groups in total. The van der Waals surface area contributed by atoms with Gasteiger partial charge in [-0.15, -0.1) is 0 Å². The molecule has 1 aromatic rings. The molecule has 3 rings (SSSR count). The number of hydrogen-bond donors (Lipinski definition) is 1. The van der Waals surface area contributed by atoms with Gasteiger partial charge in [0.2, 0.25) is 11.8 Å². The number of nitrogens with two attached hydrogens (primary N) is 1. The van der Waals surface area contributed by atoms with Gasteiger partial charge in [-0.1, -0.05) is 51.3 Å². The second-order valence-electron chi connectivity index (χ2n) is 6.71. The number of para-hydroxylation sites is 1. The minimum absolute atomic E-state index is 0.00254. The number of carbonyl (C=O) groups is 2. The van der Waals surface area contributed by atoms with Crippen molar-refractivity contribution >= 4 is 17.5 Å². The molecule has 0 radical (unpaired) electrons. The number of benzene rings is 1. The molecule has 1 aromatic carbocycles. The second-order valence-corrected chi connectivity index (χ2v) is 6.71. The van der Waals surface area contributed by atoms with Crippen LogP contribution < -0.4 is 5.73 Å². The lowest BCUT2D eigenvalue weighted by molar-refractivity contribution is -0.142. The Bertz CT molecular complexity index is 589. The molecule has 0 aromatic heterocycles. The van der Waals surface area contributed by atoms with E-state index in [0.717, 1.165) is 31.2 Å². The van der Waals surface area contributed by atoms with Crippen molar-refractivity contribution in [3.63, 3.8) is 0 Å². The van der Waals surface area contributed by atoms with E-state index in [0.29, 0.717) is 12.2 Å². The van der Waals surface area contributed by atoms with Gasteiger partial charge in [-0.05, 0) is 18.1 Å². The third-order valence-electron chi connectivity index (χ3n) is 5.36. The number of anilines is 1. The van der Waals surface area contributed by atoms with Crippen LogP contribution in [0.15, 0.2) is 24.3 Å². The second kappa shape index (κ2) is 5.41. The molecule has 0 spiro atoms. The van der Waals surface area contributed by atoms with Gasteiger partial charge in [-0.3, -0.25) is 14.5 Å². The molecule has 1 aliphatic heterocycles. The molecule has 22 heavy (non-hydrogen) atoms. The molecule has 1 heterocycles. The molecule has 1 saturated carbocycles. The van der Waals surface area contributed by atoms with Crippen molar-refractivity contribution < 1.29 is 9.59 Å². The van der Waals surface area contributed by atoms with E-state index in [4.69, 9.17) is 5.73 Å². The van der Waals surface area contributed by atoms with E-state index < -0.39 is 5.41 Å². The summed E-state index contributed by atoms with van der Waals surface area (Å²) in [4.78, 5) is 26.6. The van der Waals surface area contributed by atoms with Crippen LogP contribution in [0.2, 0.25) is 0 Å². The Balaban J connectivity index is 1.73. The van der Waals surface area contributed by atoms with Crippen LogP contribution in [0.4, 0.5) is 5.69 Å². The topological polar surface area (TPSA) is 63.4 Å². The van der Waals surface area contributed by atoms with Gasteiger partial charge in [-0.25, -0.2) is 0 Å². The number of fused-ring (bicyclic) bond motifs is 1. The number of likely N-dealkylation sites (tertiary alicyclic amines) is 1. The third-order valence-corrected chi connectivity index (χ3v) is 5.36. The van der Waals surface area contributed by atoms with Gasteiger partial charge in [0.15, 0.2) is 0 Å².